The molecule has 0 aromatic rings. The summed E-state index contributed by atoms with van der Waals surface area (Å²) in [6.45, 7) is 2.97. The number of ether oxygens (including phenoxy) is 3. The molecule has 0 N–H and O–H groups in total. The number of rotatable bonds is 1. The van der Waals surface area contributed by atoms with Crippen molar-refractivity contribution in [1.29, 1.82) is 0 Å². The standard InChI is InChI=1S/C14H21NO4/c1-2-12-13(18-6-5-17-12)7-10(1)11-8-14(19-15-11)3-4-16-9-14/h10,12-13H,1-9H2. The first-order chi connectivity index (χ1) is 9.35. The second-order valence-electron chi connectivity index (χ2n) is 6.16. The first-order valence-corrected chi connectivity index (χ1v) is 7.41. The van der Waals surface area contributed by atoms with Gasteiger partial charge in [0.05, 0.1) is 44.3 Å². The van der Waals surface area contributed by atoms with Crippen LogP contribution in [0.15, 0.2) is 5.16 Å². The van der Waals surface area contributed by atoms with Crippen LogP contribution >= 0.6 is 0 Å². The maximum atomic E-state index is 5.84. The van der Waals surface area contributed by atoms with E-state index in [0.29, 0.717) is 18.6 Å². The fourth-order valence-corrected chi connectivity index (χ4v) is 3.74. The molecule has 1 saturated carbocycles. The van der Waals surface area contributed by atoms with Crippen LogP contribution in [0.4, 0.5) is 0 Å². The second kappa shape index (κ2) is 4.72. The third-order valence-electron chi connectivity index (χ3n) is 4.88. The van der Waals surface area contributed by atoms with E-state index >= 15 is 0 Å². The molecule has 1 spiro atoms. The second-order valence-corrected chi connectivity index (χ2v) is 6.16. The molecule has 4 aliphatic rings. The molecule has 2 saturated heterocycles. The quantitative estimate of drug-likeness (QED) is 0.722. The van der Waals surface area contributed by atoms with Gasteiger partial charge >= 0.3 is 0 Å². The van der Waals surface area contributed by atoms with E-state index < -0.39 is 0 Å². The van der Waals surface area contributed by atoms with Crippen molar-refractivity contribution in [2.45, 2.75) is 49.9 Å². The molecule has 0 amide bonds. The largest absolute Gasteiger partial charge is 0.386 e. The lowest BCUT2D eigenvalue weighted by molar-refractivity contribution is -0.157. The molecule has 0 aromatic carbocycles. The third-order valence-corrected chi connectivity index (χ3v) is 4.88. The smallest absolute Gasteiger partial charge is 0.168 e. The van der Waals surface area contributed by atoms with Gasteiger partial charge in [0.25, 0.3) is 0 Å². The highest BCUT2D eigenvalue weighted by atomic mass is 16.7. The monoisotopic (exact) mass is 267 g/mol. The average molecular weight is 267 g/mol. The molecule has 5 nitrogen and oxygen atoms in total. The molecule has 0 bridgehead atoms. The van der Waals surface area contributed by atoms with Gasteiger partial charge in [-0.25, -0.2) is 0 Å². The van der Waals surface area contributed by atoms with Gasteiger partial charge in [-0.05, 0) is 19.3 Å². The van der Waals surface area contributed by atoms with Gasteiger partial charge in [0.1, 0.15) is 0 Å². The van der Waals surface area contributed by atoms with Crippen LogP contribution in [0.1, 0.15) is 32.1 Å². The zero-order valence-electron chi connectivity index (χ0n) is 11.2. The predicted molar refractivity (Wildman–Crippen MR) is 68.1 cm³/mol. The summed E-state index contributed by atoms with van der Waals surface area (Å²) in [6, 6.07) is 0. The molecule has 5 heteroatoms. The zero-order valence-corrected chi connectivity index (χ0v) is 11.2. The van der Waals surface area contributed by atoms with E-state index in [1.807, 2.05) is 0 Å². The summed E-state index contributed by atoms with van der Waals surface area (Å²) in [5.41, 5.74) is 1.08. The third kappa shape index (κ3) is 2.18. The van der Waals surface area contributed by atoms with Gasteiger partial charge in [-0.2, -0.15) is 0 Å². The lowest BCUT2D eigenvalue weighted by Gasteiger charge is -2.38. The van der Waals surface area contributed by atoms with Crippen LogP contribution < -0.4 is 0 Å². The zero-order chi connectivity index (χ0) is 12.7. The number of hydrogen-bond donors (Lipinski definition) is 0. The van der Waals surface area contributed by atoms with Crippen molar-refractivity contribution in [3.8, 4) is 0 Å². The highest BCUT2D eigenvalue weighted by Crippen LogP contribution is 2.39. The van der Waals surface area contributed by atoms with E-state index in [1.54, 1.807) is 0 Å². The molecule has 3 aliphatic heterocycles. The van der Waals surface area contributed by atoms with Crippen molar-refractivity contribution in [1.82, 2.24) is 0 Å². The van der Waals surface area contributed by atoms with E-state index in [2.05, 4.69) is 5.16 Å². The van der Waals surface area contributed by atoms with E-state index in [9.17, 15) is 0 Å². The van der Waals surface area contributed by atoms with Crippen molar-refractivity contribution in [2.75, 3.05) is 26.4 Å². The Morgan fingerprint density at radius 2 is 1.95 bits per heavy atom. The summed E-state index contributed by atoms with van der Waals surface area (Å²) in [4.78, 5) is 5.69. The Morgan fingerprint density at radius 3 is 2.79 bits per heavy atom. The summed E-state index contributed by atoms with van der Waals surface area (Å²) in [5.74, 6) is 0.503. The maximum Gasteiger partial charge on any atom is 0.168 e. The normalized spacial score (nSPS) is 45.9. The minimum Gasteiger partial charge on any atom is -0.386 e. The van der Waals surface area contributed by atoms with E-state index in [0.717, 1.165) is 51.9 Å². The van der Waals surface area contributed by atoms with Crippen LogP contribution in [0.3, 0.4) is 0 Å². The van der Waals surface area contributed by atoms with Gasteiger partial charge in [0.15, 0.2) is 5.60 Å². The first kappa shape index (κ1) is 12.1. The average Bonchev–Trinajstić information content (AvgIpc) is 3.09. The molecule has 3 heterocycles. The fourth-order valence-electron chi connectivity index (χ4n) is 3.74. The summed E-state index contributed by atoms with van der Waals surface area (Å²) in [7, 11) is 0. The SMILES string of the molecule is C1CC2(CO1)CC(C1CCC3OCCOC3C1)=NO2. The molecule has 4 rings (SSSR count). The molecule has 0 aromatic heterocycles. The lowest BCUT2D eigenvalue weighted by Crippen LogP contribution is -2.44. The summed E-state index contributed by atoms with van der Waals surface area (Å²) in [5, 5.41) is 4.37. The number of hydrogen-bond acceptors (Lipinski definition) is 5. The van der Waals surface area contributed by atoms with Crippen molar-refractivity contribution in [3.05, 3.63) is 0 Å². The van der Waals surface area contributed by atoms with Gasteiger partial charge in [0.2, 0.25) is 0 Å². The molecule has 4 unspecified atom stereocenters. The molecular weight excluding hydrogens is 246 g/mol. The molecule has 4 atom stereocenters. The number of nitrogens with zero attached hydrogens (tertiary/aromatic N) is 1. The Labute approximate surface area is 113 Å². The minimum absolute atomic E-state index is 0.143. The topological polar surface area (TPSA) is 49.3 Å². The van der Waals surface area contributed by atoms with Crippen molar-refractivity contribution < 1.29 is 19.0 Å². The Hall–Kier alpha value is -0.650. The van der Waals surface area contributed by atoms with Gasteiger partial charge in [-0.3, -0.25) is 0 Å². The van der Waals surface area contributed by atoms with Crippen LogP contribution in [0, 0.1) is 5.92 Å². The van der Waals surface area contributed by atoms with Gasteiger partial charge < -0.3 is 19.0 Å². The molecule has 19 heavy (non-hydrogen) atoms. The van der Waals surface area contributed by atoms with E-state index in [-0.39, 0.29) is 11.7 Å². The Morgan fingerprint density at radius 1 is 1.05 bits per heavy atom. The molecule has 1 aliphatic carbocycles. The van der Waals surface area contributed by atoms with Crippen LogP contribution in [-0.2, 0) is 19.0 Å². The maximum absolute atomic E-state index is 5.84. The van der Waals surface area contributed by atoms with Crippen molar-refractivity contribution in [3.63, 3.8) is 0 Å². The minimum atomic E-state index is -0.143. The van der Waals surface area contributed by atoms with Gasteiger partial charge in [-0.1, -0.05) is 5.16 Å². The van der Waals surface area contributed by atoms with Crippen molar-refractivity contribution >= 4 is 5.71 Å². The molecule has 3 fully saturated rings. The fraction of sp³-hybridized carbons (Fsp3) is 0.929. The first-order valence-electron chi connectivity index (χ1n) is 7.41. The number of fused-ring (bicyclic) bond motifs is 1. The highest BCUT2D eigenvalue weighted by molar-refractivity contribution is 5.88. The highest BCUT2D eigenvalue weighted by Gasteiger charge is 2.46. The van der Waals surface area contributed by atoms with Gasteiger partial charge in [0, 0.05) is 18.8 Å². The molecular formula is C14H21NO4. The molecule has 0 radical (unpaired) electrons. The number of oxime groups is 1. The summed E-state index contributed by atoms with van der Waals surface area (Å²) >= 11 is 0. The Balaban J connectivity index is 1.40. The van der Waals surface area contributed by atoms with Crippen LogP contribution in [0.25, 0.3) is 0 Å². The summed E-state index contributed by atoms with van der Waals surface area (Å²) < 4.78 is 17.1. The van der Waals surface area contributed by atoms with E-state index in [1.165, 1.54) is 5.71 Å². The lowest BCUT2D eigenvalue weighted by atomic mass is 9.79. The predicted octanol–water partition coefficient (Wildman–Crippen LogP) is 1.51. The summed E-state index contributed by atoms with van der Waals surface area (Å²) in [6.07, 6.45) is 5.72. The van der Waals surface area contributed by atoms with Crippen LogP contribution in [-0.4, -0.2) is 49.9 Å². The van der Waals surface area contributed by atoms with Gasteiger partial charge in [-0.15, -0.1) is 0 Å². The Kier molecular flexibility index (Phi) is 3.01. The Bertz CT molecular complexity index is 378. The van der Waals surface area contributed by atoms with E-state index in [4.69, 9.17) is 19.0 Å². The van der Waals surface area contributed by atoms with Crippen LogP contribution in [0.5, 0.6) is 0 Å². The van der Waals surface area contributed by atoms with Crippen molar-refractivity contribution in [2.24, 2.45) is 11.1 Å². The van der Waals surface area contributed by atoms with Crippen LogP contribution in [0.2, 0.25) is 0 Å². The molecule has 106 valence electrons.